The van der Waals surface area contributed by atoms with Crippen LogP contribution in [0.15, 0.2) is 16.0 Å². The highest BCUT2D eigenvalue weighted by molar-refractivity contribution is 7.90. The number of sulfone groups is 1. The maximum Gasteiger partial charge on any atom is 0.356 e. The molecule has 82 valence electrons. The van der Waals surface area contributed by atoms with Crippen LogP contribution in [0.1, 0.15) is 10.5 Å². The molecule has 0 fully saturated rings. The van der Waals surface area contributed by atoms with Crippen LogP contribution >= 0.6 is 0 Å². The number of rotatable bonds is 2. The molecular formula is C7H8N2O5S. The van der Waals surface area contributed by atoms with Crippen LogP contribution in [0.2, 0.25) is 0 Å². The Bertz CT molecular complexity index is 545. The molecule has 0 aliphatic rings. The minimum atomic E-state index is -3.66. The molecule has 0 saturated heterocycles. The molecule has 0 amide bonds. The molecule has 1 rings (SSSR count). The molecule has 0 aliphatic carbocycles. The third kappa shape index (κ3) is 2.62. The van der Waals surface area contributed by atoms with Gasteiger partial charge in [-0.05, 0) is 0 Å². The van der Waals surface area contributed by atoms with Crippen molar-refractivity contribution >= 4 is 15.8 Å². The van der Waals surface area contributed by atoms with Gasteiger partial charge in [0, 0.05) is 12.3 Å². The third-order valence-electron chi connectivity index (χ3n) is 1.47. The van der Waals surface area contributed by atoms with Gasteiger partial charge in [-0.2, -0.15) is 0 Å². The molecule has 0 unspecified atom stereocenters. The summed E-state index contributed by atoms with van der Waals surface area (Å²) < 4.78 is 26.4. The minimum absolute atomic E-state index is 0.346. The van der Waals surface area contributed by atoms with Gasteiger partial charge in [-0.15, -0.1) is 0 Å². The summed E-state index contributed by atoms with van der Waals surface area (Å²) in [6, 6.07) is 0.862. The molecule has 0 spiro atoms. The number of hydrogen-bond donors (Lipinski definition) is 1. The Balaban J connectivity index is 3.42. The number of carbonyl (C=O) groups excluding carboxylic acids is 1. The van der Waals surface area contributed by atoms with E-state index in [-0.39, 0.29) is 5.69 Å². The van der Waals surface area contributed by atoms with E-state index in [9.17, 15) is 18.0 Å². The molecule has 1 N–H and O–H groups in total. The average Bonchev–Trinajstić information content (AvgIpc) is 2.14. The average molecular weight is 232 g/mol. The molecule has 0 bridgehead atoms. The summed E-state index contributed by atoms with van der Waals surface area (Å²) in [6.45, 7) is 0. The lowest BCUT2D eigenvalue weighted by atomic mass is 10.4. The van der Waals surface area contributed by atoms with Gasteiger partial charge < -0.3 is 4.74 Å². The standard InChI is InChI=1S/C7H8N2O5S/c1-14-6(11)4-3-5(10)9-7(8-4)15(2,12)13/h3H,1-2H3,(H,8,9,10). The topological polar surface area (TPSA) is 106 Å². The van der Waals surface area contributed by atoms with E-state index in [0.717, 1.165) is 19.4 Å². The summed E-state index contributed by atoms with van der Waals surface area (Å²) >= 11 is 0. The Kier molecular flexibility index (Phi) is 2.89. The van der Waals surface area contributed by atoms with Crippen molar-refractivity contribution in [2.45, 2.75) is 5.16 Å². The number of H-pyrrole nitrogens is 1. The third-order valence-corrected chi connectivity index (χ3v) is 2.36. The highest BCUT2D eigenvalue weighted by atomic mass is 32.2. The predicted octanol–water partition coefficient (Wildman–Crippen LogP) is -1.04. The van der Waals surface area contributed by atoms with E-state index in [4.69, 9.17) is 0 Å². The smallest absolute Gasteiger partial charge is 0.356 e. The molecule has 0 radical (unpaired) electrons. The van der Waals surface area contributed by atoms with E-state index in [1.165, 1.54) is 0 Å². The molecule has 0 aliphatic heterocycles. The van der Waals surface area contributed by atoms with Crippen LogP contribution < -0.4 is 5.56 Å². The van der Waals surface area contributed by atoms with Crippen molar-refractivity contribution in [2.75, 3.05) is 13.4 Å². The van der Waals surface area contributed by atoms with E-state index in [1.807, 2.05) is 4.98 Å². The van der Waals surface area contributed by atoms with Gasteiger partial charge in [-0.25, -0.2) is 18.2 Å². The van der Waals surface area contributed by atoms with Crippen LogP contribution in [0, 0.1) is 0 Å². The molecule has 1 aromatic rings. The van der Waals surface area contributed by atoms with Crippen molar-refractivity contribution in [3.63, 3.8) is 0 Å². The van der Waals surface area contributed by atoms with Crippen molar-refractivity contribution in [1.29, 1.82) is 0 Å². The molecule has 7 nitrogen and oxygen atoms in total. The number of ether oxygens (including phenoxy) is 1. The fourth-order valence-electron chi connectivity index (χ4n) is 0.820. The first-order chi connectivity index (χ1) is 6.84. The lowest BCUT2D eigenvalue weighted by molar-refractivity contribution is 0.0592. The lowest BCUT2D eigenvalue weighted by Crippen LogP contribution is -2.18. The van der Waals surface area contributed by atoms with Gasteiger partial charge in [0.25, 0.3) is 5.56 Å². The lowest BCUT2D eigenvalue weighted by Gasteiger charge is -2.00. The first-order valence-electron chi connectivity index (χ1n) is 3.74. The molecule has 1 heterocycles. The van der Waals surface area contributed by atoms with Crippen LogP contribution in [0.4, 0.5) is 0 Å². The van der Waals surface area contributed by atoms with Crippen LogP contribution in [-0.2, 0) is 14.6 Å². The Labute approximate surface area is 85.0 Å². The Morgan fingerprint density at radius 1 is 1.53 bits per heavy atom. The molecule has 8 heteroatoms. The molecule has 0 saturated carbocycles. The zero-order valence-corrected chi connectivity index (χ0v) is 8.79. The number of nitrogens with one attached hydrogen (secondary N) is 1. The van der Waals surface area contributed by atoms with Crippen LogP contribution in [0.25, 0.3) is 0 Å². The van der Waals surface area contributed by atoms with Crippen LogP contribution in [-0.4, -0.2) is 37.7 Å². The van der Waals surface area contributed by atoms with Gasteiger partial charge >= 0.3 is 5.97 Å². The number of carbonyl (C=O) groups is 1. The van der Waals surface area contributed by atoms with Crippen molar-refractivity contribution in [3.05, 3.63) is 22.1 Å². The maximum atomic E-state index is 11.1. The fourth-order valence-corrected chi connectivity index (χ4v) is 1.37. The largest absolute Gasteiger partial charge is 0.464 e. The number of aromatic amines is 1. The summed E-state index contributed by atoms with van der Waals surface area (Å²) in [4.78, 5) is 27.5. The highest BCUT2D eigenvalue weighted by Crippen LogP contribution is 2.00. The number of methoxy groups -OCH3 is 1. The van der Waals surface area contributed by atoms with Crippen LogP contribution in [0.3, 0.4) is 0 Å². The van der Waals surface area contributed by atoms with Gasteiger partial charge in [-0.3, -0.25) is 9.78 Å². The second-order valence-electron chi connectivity index (χ2n) is 2.70. The monoisotopic (exact) mass is 232 g/mol. The van der Waals surface area contributed by atoms with Gasteiger partial charge in [0.15, 0.2) is 5.69 Å². The van der Waals surface area contributed by atoms with Crippen molar-refractivity contribution in [2.24, 2.45) is 0 Å². The van der Waals surface area contributed by atoms with E-state index in [0.29, 0.717) is 0 Å². The summed E-state index contributed by atoms with van der Waals surface area (Å²) in [5, 5.41) is -0.560. The highest BCUT2D eigenvalue weighted by Gasteiger charge is 2.15. The number of hydrogen-bond acceptors (Lipinski definition) is 6. The second-order valence-corrected chi connectivity index (χ2v) is 4.63. The SMILES string of the molecule is COC(=O)c1cc(=O)[nH]c(S(C)(=O)=O)n1. The summed E-state index contributed by atoms with van der Waals surface area (Å²) in [5.74, 6) is -0.869. The zero-order valence-electron chi connectivity index (χ0n) is 7.97. The normalized spacial score (nSPS) is 11.1. The van der Waals surface area contributed by atoms with E-state index >= 15 is 0 Å². The van der Waals surface area contributed by atoms with Gasteiger partial charge in [0.05, 0.1) is 7.11 Å². The second kappa shape index (κ2) is 3.81. The molecule has 1 aromatic heterocycles. The Morgan fingerprint density at radius 3 is 2.60 bits per heavy atom. The predicted molar refractivity (Wildman–Crippen MR) is 49.3 cm³/mol. The summed E-state index contributed by atoms with van der Waals surface area (Å²) in [7, 11) is -2.56. The van der Waals surface area contributed by atoms with Crippen molar-refractivity contribution < 1.29 is 17.9 Å². The number of nitrogens with zero attached hydrogens (tertiary/aromatic N) is 1. The van der Waals surface area contributed by atoms with Crippen molar-refractivity contribution in [3.8, 4) is 0 Å². The van der Waals surface area contributed by atoms with Crippen molar-refractivity contribution in [1.82, 2.24) is 9.97 Å². The Hall–Kier alpha value is -1.70. The number of esters is 1. The summed E-state index contributed by atoms with van der Waals surface area (Å²) in [6.07, 6.45) is 0.867. The minimum Gasteiger partial charge on any atom is -0.464 e. The fraction of sp³-hybridized carbons (Fsp3) is 0.286. The zero-order chi connectivity index (χ0) is 11.6. The molecule has 0 aromatic carbocycles. The van der Waals surface area contributed by atoms with E-state index in [2.05, 4.69) is 9.72 Å². The first kappa shape index (κ1) is 11.4. The van der Waals surface area contributed by atoms with E-state index in [1.54, 1.807) is 0 Å². The van der Waals surface area contributed by atoms with Gasteiger partial charge in [-0.1, -0.05) is 0 Å². The van der Waals surface area contributed by atoms with E-state index < -0.39 is 26.5 Å². The first-order valence-corrected chi connectivity index (χ1v) is 5.63. The van der Waals surface area contributed by atoms with Crippen LogP contribution in [0.5, 0.6) is 0 Å². The molecule has 0 atom stereocenters. The number of aromatic nitrogens is 2. The summed E-state index contributed by atoms with van der Waals surface area (Å²) in [5.41, 5.74) is -1.08. The Morgan fingerprint density at radius 2 is 2.13 bits per heavy atom. The van der Waals surface area contributed by atoms with Gasteiger partial charge in [0.2, 0.25) is 15.0 Å². The molecule has 15 heavy (non-hydrogen) atoms. The molecular weight excluding hydrogens is 224 g/mol. The quantitative estimate of drug-likeness (QED) is 0.515. The van der Waals surface area contributed by atoms with Gasteiger partial charge in [0.1, 0.15) is 0 Å². The maximum absolute atomic E-state index is 11.1.